The normalized spacial score (nSPS) is 10.9. The molecule has 122 valence electrons. The third-order valence-corrected chi connectivity index (χ3v) is 4.48. The van der Waals surface area contributed by atoms with E-state index in [0.717, 1.165) is 0 Å². The number of amides is 1. The number of methoxy groups -OCH3 is 2. The van der Waals surface area contributed by atoms with E-state index in [-0.39, 0.29) is 21.7 Å². The Bertz CT molecular complexity index is 819. The number of ether oxygens (including phenoxy) is 2. The number of aromatic nitrogens is 2. The van der Waals surface area contributed by atoms with Gasteiger partial charge in [0, 0.05) is 0 Å². The molecule has 1 heterocycles. The zero-order chi connectivity index (χ0) is 17.0. The average Bonchev–Trinajstić information content (AvgIpc) is 2.54. The molecular formula is C13H12ClN3O5S. The molecule has 1 aromatic heterocycles. The van der Waals surface area contributed by atoms with Gasteiger partial charge in [0.1, 0.15) is 4.90 Å². The third kappa shape index (κ3) is 3.88. The van der Waals surface area contributed by atoms with Crippen molar-refractivity contribution in [2.75, 3.05) is 14.2 Å². The molecule has 23 heavy (non-hydrogen) atoms. The summed E-state index contributed by atoms with van der Waals surface area (Å²) >= 11 is 5.83. The molecule has 1 aromatic carbocycles. The number of carbonyl (C=O) groups excluding carboxylic acids is 1. The van der Waals surface area contributed by atoms with Crippen LogP contribution >= 0.6 is 11.6 Å². The highest BCUT2D eigenvalue weighted by atomic mass is 35.5. The topological polar surface area (TPSA) is 107 Å². The van der Waals surface area contributed by atoms with Crippen LogP contribution in [0.4, 0.5) is 0 Å². The standard InChI is InChI=1S/C13H12ClN3O5S/c1-21-10-7-11(22-2)16-12(15-10)13(18)17-23(19,20)9-6-4-3-5-8(9)14/h3-7H,1-2H3,(H,17,18). The van der Waals surface area contributed by atoms with Crippen molar-refractivity contribution in [3.8, 4) is 11.8 Å². The van der Waals surface area contributed by atoms with E-state index in [1.54, 1.807) is 6.07 Å². The number of hydrogen-bond donors (Lipinski definition) is 1. The predicted octanol–water partition coefficient (Wildman–Crippen LogP) is 1.27. The number of nitrogens with one attached hydrogen (secondary N) is 1. The van der Waals surface area contributed by atoms with Crippen LogP contribution in [0.3, 0.4) is 0 Å². The first-order valence-corrected chi connectivity index (χ1v) is 8.02. The number of carbonyl (C=O) groups is 1. The second-order valence-corrected chi connectivity index (χ2v) is 6.20. The van der Waals surface area contributed by atoms with Crippen molar-refractivity contribution in [2.24, 2.45) is 0 Å². The molecule has 0 unspecified atom stereocenters. The van der Waals surface area contributed by atoms with Gasteiger partial charge < -0.3 is 9.47 Å². The molecule has 0 bridgehead atoms. The monoisotopic (exact) mass is 357 g/mol. The van der Waals surface area contributed by atoms with Crippen LogP contribution in [-0.4, -0.2) is 38.5 Å². The summed E-state index contributed by atoms with van der Waals surface area (Å²) in [7, 11) is -1.50. The molecule has 0 aliphatic carbocycles. The summed E-state index contributed by atoms with van der Waals surface area (Å²) in [6.07, 6.45) is 0. The Hall–Kier alpha value is -2.39. The Morgan fingerprint density at radius 3 is 2.22 bits per heavy atom. The third-order valence-electron chi connectivity index (χ3n) is 2.65. The van der Waals surface area contributed by atoms with E-state index in [1.807, 2.05) is 4.72 Å². The molecule has 0 spiro atoms. The van der Waals surface area contributed by atoms with Crippen LogP contribution < -0.4 is 14.2 Å². The minimum absolute atomic E-state index is 0.0167. The molecule has 2 rings (SSSR count). The first-order chi connectivity index (χ1) is 10.9. The molecular weight excluding hydrogens is 346 g/mol. The van der Waals surface area contributed by atoms with Crippen molar-refractivity contribution in [2.45, 2.75) is 4.90 Å². The molecule has 1 N–H and O–H groups in total. The van der Waals surface area contributed by atoms with Gasteiger partial charge >= 0.3 is 5.91 Å². The summed E-state index contributed by atoms with van der Waals surface area (Å²) in [6.45, 7) is 0. The lowest BCUT2D eigenvalue weighted by atomic mass is 10.4. The predicted molar refractivity (Wildman–Crippen MR) is 81.2 cm³/mol. The van der Waals surface area contributed by atoms with Crippen molar-refractivity contribution >= 4 is 27.5 Å². The van der Waals surface area contributed by atoms with E-state index in [4.69, 9.17) is 21.1 Å². The Kier molecular flexibility index (Phi) is 5.02. The summed E-state index contributed by atoms with van der Waals surface area (Å²) in [5.74, 6) is -1.35. The van der Waals surface area contributed by atoms with Crippen LogP contribution in [0.5, 0.6) is 11.8 Å². The molecule has 0 aliphatic rings. The van der Waals surface area contributed by atoms with E-state index in [0.29, 0.717) is 0 Å². The van der Waals surface area contributed by atoms with E-state index in [9.17, 15) is 13.2 Å². The minimum Gasteiger partial charge on any atom is -0.481 e. The minimum atomic E-state index is -4.17. The molecule has 0 saturated heterocycles. The lowest BCUT2D eigenvalue weighted by Gasteiger charge is -2.09. The van der Waals surface area contributed by atoms with Gasteiger partial charge in [0.15, 0.2) is 0 Å². The number of nitrogens with zero attached hydrogens (tertiary/aromatic N) is 2. The van der Waals surface area contributed by atoms with Gasteiger partial charge in [0.05, 0.1) is 25.3 Å². The number of halogens is 1. The largest absolute Gasteiger partial charge is 0.481 e. The van der Waals surface area contributed by atoms with Crippen molar-refractivity contribution in [1.82, 2.24) is 14.7 Å². The molecule has 10 heteroatoms. The SMILES string of the molecule is COc1cc(OC)nc(C(=O)NS(=O)(=O)c2ccccc2Cl)n1. The van der Waals surface area contributed by atoms with Crippen molar-refractivity contribution in [1.29, 1.82) is 0 Å². The van der Waals surface area contributed by atoms with Gasteiger partial charge in [-0.1, -0.05) is 23.7 Å². The molecule has 0 fully saturated rings. The highest BCUT2D eigenvalue weighted by molar-refractivity contribution is 7.90. The second kappa shape index (κ2) is 6.80. The van der Waals surface area contributed by atoms with Crippen molar-refractivity contribution in [3.05, 3.63) is 41.2 Å². The quantitative estimate of drug-likeness (QED) is 0.858. The van der Waals surface area contributed by atoms with Gasteiger partial charge in [-0.3, -0.25) is 4.79 Å². The molecule has 2 aromatic rings. The Balaban J connectivity index is 2.34. The van der Waals surface area contributed by atoms with Gasteiger partial charge in [0.25, 0.3) is 10.0 Å². The Morgan fingerprint density at radius 1 is 1.13 bits per heavy atom. The Labute approximate surface area is 137 Å². The number of benzene rings is 1. The van der Waals surface area contributed by atoms with Crippen LogP contribution in [0.15, 0.2) is 35.2 Å². The lowest BCUT2D eigenvalue weighted by Crippen LogP contribution is -2.32. The summed E-state index contributed by atoms with van der Waals surface area (Å²) in [6, 6.07) is 7.06. The van der Waals surface area contributed by atoms with Gasteiger partial charge in [-0.15, -0.1) is 0 Å². The first kappa shape index (κ1) is 17.0. The molecule has 0 aliphatic heterocycles. The maximum Gasteiger partial charge on any atom is 0.303 e. The van der Waals surface area contributed by atoms with Gasteiger partial charge in [0.2, 0.25) is 17.6 Å². The van der Waals surface area contributed by atoms with Gasteiger partial charge in [-0.2, -0.15) is 9.97 Å². The Morgan fingerprint density at radius 2 is 1.70 bits per heavy atom. The lowest BCUT2D eigenvalue weighted by molar-refractivity contribution is 0.0969. The first-order valence-electron chi connectivity index (χ1n) is 6.16. The zero-order valence-electron chi connectivity index (χ0n) is 12.1. The number of rotatable bonds is 5. The van der Waals surface area contributed by atoms with Crippen LogP contribution in [-0.2, 0) is 10.0 Å². The van der Waals surface area contributed by atoms with Crippen LogP contribution in [0.2, 0.25) is 5.02 Å². The summed E-state index contributed by atoms with van der Waals surface area (Å²) in [4.78, 5) is 19.4. The van der Waals surface area contributed by atoms with E-state index < -0.39 is 21.8 Å². The van der Waals surface area contributed by atoms with E-state index >= 15 is 0 Å². The molecule has 1 amide bonds. The van der Waals surface area contributed by atoms with Crippen LogP contribution in [0.1, 0.15) is 10.6 Å². The van der Waals surface area contributed by atoms with E-state index in [1.165, 1.54) is 38.5 Å². The molecule has 8 nitrogen and oxygen atoms in total. The zero-order valence-corrected chi connectivity index (χ0v) is 13.7. The van der Waals surface area contributed by atoms with Crippen molar-refractivity contribution in [3.63, 3.8) is 0 Å². The second-order valence-electron chi connectivity index (χ2n) is 4.14. The molecule has 0 radical (unpaired) electrons. The number of hydrogen-bond acceptors (Lipinski definition) is 7. The van der Waals surface area contributed by atoms with Crippen LogP contribution in [0, 0.1) is 0 Å². The number of sulfonamides is 1. The highest BCUT2D eigenvalue weighted by Gasteiger charge is 2.23. The summed E-state index contributed by atoms with van der Waals surface area (Å²) < 4.78 is 36.1. The average molecular weight is 358 g/mol. The van der Waals surface area contributed by atoms with Gasteiger partial charge in [-0.25, -0.2) is 13.1 Å². The molecule has 0 saturated carbocycles. The fourth-order valence-corrected chi connectivity index (χ4v) is 3.07. The fraction of sp³-hybridized carbons (Fsp3) is 0.154. The molecule has 0 atom stereocenters. The summed E-state index contributed by atoms with van der Waals surface area (Å²) in [5.41, 5.74) is 0. The maximum atomic E-state index is 12.2. The maximum absolute atomic E-state index is 12.2. The smallest absolute Gasteiger partial charge is 0.303 e. The van der Waals surface area contributed by atoms with Gasteiger partial charge in [-0.05, 0) is 12.1 Å². The highest BCUT2D eigenvalue weighted by Crippen LogP contribution is 2.20. The van der Waals surface area contributed by atoms with Crippen molar-refractivity contribution < 1.29 is 22.7 Å². The fourth-order valence-electron chi connectivity index (χ4n) is 1.60. The van der Waals surface area contributed by atoms with E-state index in [2.05, 4.69) is 9.97 Å². The van der Waals surface area contributed by atoms with Crippen LogP contribution in [0.25, 0.3) is 0 Å². The summed E-state index contributed by atoms with van der Waals surface area (Å²) in [5, 5.41) is -0.0167.